The first-order valence-corrected chi connectivity index (χ1v) is 15.6. The van der Waals surface area contributed by atoms with Gasteiger partial charge in [0.25, 0.3) is 5.91 Å². The van der Waals surface area contributed by atoms with Crippen LogP contribution in [0.1, 0.15) is 80.1 Å². The number of amides is 1. The van der Waals surface area contributed by atoms with Crippen LogP contribution in [0.4, 0.5) is 18.9 Å². The number of aromatic hydroxyl groups is 1. The average Bonchev–Trinajstić information content (AvgIpc) is 2.94. The Labute approximate surface area is 265 Å². The van der Waals surface area contributed by atoms with Crippen LogP contribution >= 0.6 is 11.8 Å². The summed E-state index contributed by atoms with van der Waals surface area (Å²) in [6.07, 6.45) is -3.39. The standard InChI is InChI=1S/C35H38F3NO5S/c1-20(2)34(16-15-22-7-13-25(40)14-8-22)19-28(41)30(32(43)44-34)45-29-17-21(3)27(18-26(29)33(4,5)6)39-31(42)23-9-11-24(12-10-23)35(36,37)38/h7-14,17-18,20,30,40H,15-16,19H2,1-6H3,(H,39,42). The summed E-state index contributed by atoms with van der Waals surface area (Å²) in [6, 6.07) is 14.4. The van der Waals surface area contributed by atoms with Gasteiger partial charge in [-0.1, -0.05) is 46.8 Å². The van der Waals surface area contributed by atoms with Gasteiger partial charge in [-0.3, -0.25) is 14.4 Å². The highest BCUT2D eigenvalue weighted by Crippen LogP contribution is 2.43. The third-order valence-electron chi connectivity index (χ3n) is 8.21. The monoisotopic (exact) mass is 641 g/mol. The molecule has 1 heterocycles. The number of thioether (sulfide) groups is 1. The third kappa shape index (κ3) is 7.90. The Kier molecular flexibility index (Phi) is 9.78. The number of anilines is 1. The first-order chi connectivity index (χ1) is 20.9. The summed E-state index contributed by atoms with van der Waals surface area (Å²) >= 11 is 1.13. The molecule has 1 aliphatic heterocycles. The topological polar surface area (TPSA) is 92.7 Å². The number of carbonyl (C=O) groups is 3. The molecule has 4 rings (SSSR count). The SMILES string of the molecule is Cc1cc(SC2C(=O)CC(CCc3ccc(O)cc3)(C(C)C)OC2=O)c(C(C)(C)C)cc1NC(=O)c1ccc(C(F)(F)F)cc1. The summed E-state index contributed by atoms with van der Waals surface area (Å²) in [7, 11) is 0. The predicted octanol–water partition coefficient (Wildman–Crippen LogP) is 8.27. The maximum atomic E-state index is 13.6. The van der Waals surface area contributed by atoms with Crippen molar-refractivity contribution in [2.75, 3.05) is 5.32 Å². The van der Waals surface area contributed by atoms with Gasteiger partial charge >= 0.3 is 12.1 Å². The molecule has 3 aromatic rings. The van der Waals surface area contributed by atoms with Crippen LogP contribution in [0.3, 0.4) is 0 Å². The molecule has 6 nitrogen and oxygen atoms in total. The number of ether oxygens (including phenoxy) is 1. The minimum Gasteiger partial charge on any atom is -0.508 e. The maximum absolute atomic E-state index is 13.6. The van der Waals surface area contributed by atoms with E-state index in [2.05, 4.69) is 5.32 Å². The van der Waals surface area contributed by atoms with E-state index in [-0.39, 0.29) is 29.4 Å². The van der Waals surface area contributed by atoms with Crippen molar-refractivity contribution in [3.05, 3.63) is 88.5 Å². The largest absolute Gasteiger partial charge is 0.508 e. The van der Waals surface area contributed by atoms with Crippen LogP contribution in [-0.2, 0) is 32.3 Å². The van der Waals surface area contributed by atoms with Crippen LogP contribution in [0.25, 0.3) is 0 Å². The molecule has 2 atom stereocenters. The number of phenolic OH excluding ortho intramolecular Hbond substituents is 1. The Balaban J connectivity index is 1.55. The molecule has 0 saturated carbocycles. The molecular formula is C35H38F3NO5S. The van der Waals surface area contributed by atoms with E-state index in [4.69, 9.17) is 4.74 Å². The van der Waals surface area contributed by atoms with Crippen LogP contribution < -0.4 is 5.32 Å². The molecule has 3 aromatic carbocycles. The van der Waals surface area contributed by atoms with Gasteiger partial charge in [-0.2, -0.15) is 13.2 Å². The molecule has 2 unspecified atom stereocenters. The summed E-state index contributed by atoms with van der Waals surface area (Å²) in [5, 5.41) is 11.3. The van der Waals surface area contributed by atoms with Crippen molar-refractivity contribution in [1.29, 1.82) is 0 Å². The zero-order valence-electron chi connectivity index (χ0n) is 26.2. The number of alkyl halides is 3. The third-order valence-corrected chi connectivity index (χ3v) is 9.49. The second-order valence-corrected chi connectivity index (χ2v) is 14.0. The highest BCUT2D eigenvalue weighted by atomic mass is 32.2. The second-order valence-electron chi connectivity index (χ2n) is 12.9. The number of ketones is 1. The molecule has 0 radical (unpaired) electrons. The van der Waals surface area contributed by atoms with E-state index in [1.165, 1.54) is 0 Å². The summed E-state index contributed by atoms with van der Waals surface area (Å²) in [6.45, 7) is 11.5. The molecule has 1 amide bonds. The molecule has 0 aliphatic carbocycles. The Morgan fingerprint density at radius 2 is 1.67 bits per heavy atom. The van der Waals surface area contributed by atoms with Gasteiger partial charge in [0.05, 0.1) is 5.56 Å². The van der Waals surface area contributed by atoms with E-state index in [1.807, 2.05) is 40.7 Å². The lowest BCUT2D eigenvalue weighted by Crippen LogP contribution is -2.52. The number of rotatable bonds is 8. The molecule has 1 saturated heterocycles. The maximum Gasteiger partial charge on any atom is 0.416 e. The minimum atomic E-state index is -4.50. The van der Waals surface area contributed by atoms with Crippen molar-refractivity contribution < 1.29 is 37.4 Å². The molecule has 240 valence electrons. The predicted molar refractivity (Wildman–Crippen MR) is 169 cm³/mol. The van der Waals surface area contributed by atoms with E-state index in [0.29, 0.717) is 29.0 Å². The Morgan fingerprint density at radius 3 is 2.20 bits per heavy atom. The van der Waals surface area contributed by atoms with Crippen LogP contribution in [-0.4, -0.2) is 33.6 Å². The number of esters is 1. The van der Waals surface area contributed by atoms with Gasteiger partial charge in [0.1, 0.15) is 11.4 Å². The van der Waals surface area contributed by atoms with Crippen LogP contribution in [0.2, 0.25) is 0 Å². The Hall–Kier alpha value is -3.79. The van der Waals surface area contributed by atoms with E-state index >= 15 is 0 Å². The average molecular weight is 642 g/mol. The molecule has 1 aliphatic rings. The number of cyclic esters (lactones) is 1. The van der Waals surface area contributed by atoms with E-state index < -0.39 is 39.9 Å². The highest BCUT2D eigenvalue weighted by Gasteiger charge is 2.49. The van der Waals surface area contributed by atoms with Crippen molar-refractivity contribution in [1.82, 2.24) is 0 Å². The van der Waals surface area contributed by atoms with Crippen molar-refractivity contribution in [3.63, 3.8) is 0 Å². The Bertz CT molecular complexity index is 1560. The number of carbonyl (C=O) groups excluding carboxylic acids is 3. The number of nitrogens with one attached hydrogen (secondary N) is 1. The number of hydrogen-bond donors (Lipinski definition) is 2. The van der Waals surface area contributed by atoms with Crippen molar-refractivity contribution in [2.24, 2.45) is 5.92 Å². The summed E-state index contributed by atoms with van der Waals surface area (Å²) in [5.74, 6) is -1.31. The van der Waals surface area contributed by atoms with Crippen LogP contribution in [0.15, 0.2) is 65.6 Å². The zero-order chi connectivity index (χ0) is 33.3. The quantitative estimate of drug-likeness (QED) is 0.190. The van der Waals surface area contributed by atoms with Crippen molar-refractivity contribution in [2.45, 2.75) is 88.1 Å². The van der Waals surface area contributed by atoms with Crippen LogP contribution in [0, 0.1) is 12.8 Å². The van der Waals surface area contributed by atoms with E-state index in [9.17, 15) is 32.7 Å². The van der Waals surface area contributed by atoms with Gasteiger partial charge < -0.3 is 15.2 Å². The van der Waals surface area contributed by atoms with Crippen molar-refractivity contribution >= 4 is 35.1 Å². The smallest absolute Gasteiger partial charge is 0.416 e. The minimum absolute atomic E-state index is 0.0766. The number of hydrogen-bond acceptors (Lipinski definition) is 6. The molecule has 10 heteroatoms. The lowest BCUT2D eigenvalue weighted by atomic mass is 9.78. The number of phenols is 1. The Morgan fingerprint density at radius 1 is 1.04 bits per heavy atom. The lowest BCUT2D eigenvalue weighted by Gasteiger charge is -2.41. The summed E-state index contributed by atoms with van der Waals surface area (Å²) in [5.41, 5.74) is 0.721. The van der Waals surface area contributed by atoms with Crippen LogP contribution in [0.5, 0.6) is 5.75 Å². The van der Waals surface area contributed by atoms with E-state index in [0.717, 1.165) is 47.2 Å². The summed E-state index contributed by atoms with van der Waals surface area (Å²) in [4.78, 5) is 40.7. The number of benzene rings is 3. The zero-order valence-corrected chi connectivity index (χ0v) is 27.0. The first-order valence-electron chi connectivity index (χ1n) is 14.7. The summed E-state index contributed by atoms with van der Waals surface area (Å²) < 4.78 is 45.0. The second kappa shape index (κ2) is 12.9. The molecule has 0 aromatic heterocycles. The number of halogens is 3. The lowest BCUT2D eigenvalue weighted by molar-refractivity contribution is -0.176. The number of aryl methyl sites for hydroxylation is 2. The first kappa shape index (κ1) is 34.1. The fourth-order valence-electron chi connectivity index (χ4n) is 5.32. The molecule has 45 heavy (non-hydrogen) atoms. The van der Waals surface area contributed by atoms with Gasteiger partial charge in [0.2, 0.25) is 0 Å². The van der Waals surface area contributed by atoms with E-state index in [1.54, 1.807) is 37.3 Å². The van der Waals surface area contributed by atoms with Gasteiger partial charge in [0.15, 0.2) is 11.0 Å². The number of Topliss-reactive ketones (excluding diaryl/α,β-unsaturated/α-hetero) is 1. The van der Waals surface area contributed by atoms with Gasteiger partial charge in [0, 0.05) is 22.6 Å². The highest BCUT2D eigenvalue weighted by molar-refractivity contribution is 8.01. The fraction of sp³-hybridized carbons (Fsp3) is 0.400. The molecule has 2 N–H and O–H groups in total. The molecule has 0 bridgehead atoms. The fourth-order valence-corrected chi connectivity index (χ4v) is 6.67. The van der Waals surface area contributed by atoms with Crippen molar-refractivity contribution in [3.8, 4) is 5.75 Å². The molecular weight excluding hydrogens is 603 g/mol. The van der Waals surface area contributed by atoms with Gasteiger partial charge in [-0.25, -0.2) is 0 Å². The normalized spacial score (nSPS) is 19.0. The molecule has 0 spiro atoms. The van der Waals surface area contributed by atoms with Gasteiger partial charge in [-0.05, 0) is 96.3 Å². The molecule has 1 fully saturated rings. The van der Waals surface area contributed by atoms with Gasteiger partial charge in [-0.15, -0.1) is 11.8 Å².